The molecule has 2 N–H and O–H groups in total. The summed E-state index contributed by atoms with van der Waals surface area (Å²) in [6, 6.07) is 16.1. The number of benzene rings is 2. The van der Waals surface area contributed by atoms with Crippen LogP contribution in [0.15, 0.2) is 48.5 Å². The number of likely N-dealkylation sites (N-methyl/N-ethyl adjacent to an activating group) is 1. The topological polar surface area (TPSA) is 70.2 Å². The van der Waals surface area contributed by atoms with Crippen molar-refractivity contribution >= 4 is 11.8 Å². The molecule has 4 rings (SSSR count). The molecule has 0 saturated heterocycles. The van der Waals surface area contributed by atoms with Gasteiger partial charge in [-0.2, -0.15) is 5.10 Å². The second kappa shape index (κ2) is 8.49. The van der Waals surface area contributed by atoms with Crippen LogP contribution in [0.5, 0.6) is 0 Å². The molecule has 1 aliphatic carbocycles. The summed E-state index contributed by atoms with van der Waals surface area (Å²) in [7, 11) is 0. The summed E-state index contributed by atoms with van der Waals surface area (Å²) in [5.41, 5.74) is 7.57. The second-order valence-electron chi connectivity index (χ2n) is 7.12. The lowest BCUT2D eigenvalue weighted by molar-refractivity contribution is 0.142. The van der Waals surface area contributed by atoms with E-state index in [1.165, 1.54) is 16.7 Å². The first-order valence-electron chi connectivity index (χ1n) is 10.1. The van der Waals surface area contributed by atoms with Gasteiger partial charge in [-0.3, -0.25) is 10.4 Å². The van der Waals surface area contributed by atoms with Crippen molar-refractivity contribution in [3.05, 3.63) is 59.7 Å². The van der Waals surface area contributed by atoms with E-state index in [4.69, 9.17) is 4.74 Å². The minimum Gasteiger partial charge on any atom is -0.448 e. The molecule has 1 heterocycles. The van der Waals surface area contributed by atoms with Crippen LogP contribution < -0.4 is 5.32 Å². The van der Waals surface area contributed by atoms with Crippen molar-refractivity contribution in [1.29, 1.82) is 0 Å². The molecule has 1 aromatic heterocycles. The summed E-state index contributed by atoms with van der Waals surface area (Å²) in [6.07, 6.45) is 0.456. The second-order valence-corrected chi connectivity index (χ2v) is 7.12. The van der Waals surface area contributed by atoms with E-state index in [0.29, 0.717) is 12.3 Å². The maximum atomic E-state index is 12.0. The number of rotatable bonds is 7. The van der Waals surface area contributed by atoms with Gasteiger partial charge in [-0.25, -0.2) is 4.79 Å². The highest BCUT2D eigenvalue weighted by molar-refractivity contribution is 5.86. The Balaban J connectivity index is 1.38. The van der Waals surface area contributed by atoms with Gasteiger partial charge >= 0.3 is 6.09 Å². The van der Waals surface area contributed by atoms with Crippen molar-refractivity contribution in [2.24, 2.45) is 0 Å². The molecule has 0 unspecified atom stereocenters. The first-order chi connectivity index (χ1) is 14.2. The maximum absolute atomic E-state index is 12.0. The molecule has 0 atom stereocenters. The number of H-pyrrole nitrogens is 1. The van der Waals surface area contributed by atoms with E-state index < -0.39 is 6.09 Å². The predicted octanol–water partition coefficient (Wildman–Crippen LogP) is 4.54. The molecule has 6 heteroatoms. The van der Waals surface area contributed by atoms with Gasteiger partial charge in [-0.15, -0.1) is 0 Å². The molecule has 0 spiro atoms. The summed E-state index contributed by atoms with van der Waals surface area (Å²) in [5.74, 6) is 0. The van der Waals surface area contributed by atoms with Crippen molar-refractivity contribution in [1.82, 2.24) is 15.1 Å². The minimum absolute atomic E-state index is 0.381. The highest BCUT2D eigenvalue weighted by atomic mass is 16.5. The lowest BCUT2D eigenvalue weighted by Crippen LogP contribution is -2.28. The Hall–Kier alpha value is -3.12. The fourth-order valence-electron chi connectivity index (χ4n) is 3.78. The number of amides is 1. The van der Waals surface area contributed by atoms with Crippen molar-refractivity contribution in [2.45, 2.75) is 20.3 Å². The van der Waals surface area contributed by atoms with Gasteiger partial charge in [0.2, 0.25) is 0 Å². The molecule has 1 aliphatic rings. The molecule has 0 saturated carbocycles. The fourth-order valence-corrected chi connectivity index (χ4v) is 3.78. The molecule has 0 aliphatic heterocycles. The number of aromatic nitrogens is 2. The lowest BCUT2D eigenvalue weighted by Gasteiger charge is -2.17. The van der Waals surface area contributed by atoms with Crippen LogP contribution in [0.4, 0.5) is 10.5 Å². The third-order valence-corrected chi connectivity index (χ3v) is 5.46. The number of anilines is 1. The summed E-state index contributed by atoms with van der Waals surface area (Å²) in [6.45, 7) is 7.21. The average molecular weight is 390 g/mol. The van der Waals surface area contributed by atoms with Gasteiger partial charge in [0, 0.05) is 35.3 Å². The van der Waals surface area contributed by atoms with Crippen LogP contribution in [0.3, 0.4) is 0 Å². The van der Waals surface area contributed by atoms with Crippen LogP contribution >= 0.6 is 0 Å². The Morgan fingerprint density at radius 3 is 2.66 bits per heavy atom. The van der Waals surface area contributed by atoms with E-state index in [-0.39, 0.29) is 0 Å². The fraction of sp³-hybridized carbons (Fsp3) is 0.304. The molecule has 150 valence electrons. The number of hydrogen-bond donors (Lipinski definition) is 2. The Labute approximate surface area is 170 Å². The number of carbonyl (C=O) groups is 1. The Morgan fingerprint density at radius 1 is 1.14 bits per heavy atom. The number of aromatic amines is 1. The summed E-state index contributed by atoms with van der Waals surface area (Å²) in [5, 5.41) is 10.5. The number of hydrogen-bond acceptors (Lipinski definition) is 4. The highest BCUT2D eigenvalue weighted by Crippen LogP contribution is 2.39. The minimum atomic E-state index is -0.430. The van der Waals surface area contributed by atoms with Crippen molar-refractivity contribution in [3.63, 3.8) is 0 Å². The molecule has 3 aromatic rings. The van der Waals surface area contributed by atoms with E-state index in [2.05, 4.69) is 58.5 Å². The van der Waals surface area contributed by atoms with Gasteiger partial charge in [-0.05, 0) is 30.8 Å². The average Bonchev–Trinajstić information content (AvgIpc) is 3.31. The first-order valence-corrected chi connectivity index (χ1v) is 10.1. The van der Waals surface area contributed by atoms with E-state index in [1.807, 2.05) is 24.3 Å². The van der Waals surface area contributed by atoms with Gasteiger partial charge in [-0.1, -0.05) is 50.2 Å². The summed E-state index contributed by atoms with van der Waals surface area (Å²) in [4.78, 5) is 14.2. The van der Waals surface area contributed by atoms with Crippen LogP contribution in [-0.4, -0.2) is 47.4 Å². The maximum Gasteiger partial charge on any atom is 0.411 e. The van der Waals surface area contributed by atoms with E-state index in [9.17, 15) is 4.79 Å². The van der Waals surface area contributed by atoms with Crippen molar-refractivity contribution < 1.29 is 9.53 Å². The van der Waals surface area contributed by atoms with Crippen LogP contribution in [0, 0.1) is 0 Å². The number of carbonyl (C=O) groups excluding carboxylic acids is 1. The van der Waals surface area contributed by atoms with Gasteiger partial charge < -0.3 is 9.64 Å². The van der Waals surface area contributed by atoms with E-state index in [0.717, 1.165) is 43.0 Å². The van der Waals surface area contributed by atoms with Gasteiger partial charge in [0.25, 0.3) is 0 Å². The molecule has 0 fully saturated rings. The normalized spacial score (nSPS) is 12.0. The smallest absolute Gasteiger partial charge is 0.411 e. The Bertz CT molecular complexity index is 990. The number of nitrogens with zero attached hydrogens (tertiary/aromatic N) is 2. The van der Waals surface area contributed by atoms with E-state index >= 15 is 0 Å². The van der Waals surface area contributed by atoms with Crippen molar-refractivity contribution in [3.8, 4) is 22.5 Å². The lowest BCUT2D eigenvalue weighted by atomic mass is 10.1. The molecule has 2 aromatic carbocycles. The molecule has 0 radical (unpaired) electrons. The molecule has 29 heavy (non-hydrogen) atoms. The monoisotopic (exact) mass is 390 g/mol. The molecular weight excluding hydrogens is 364 g/mol. The largest absolute Gasteiger partial charge is 0.448 e. The molecule has 1 amide bonds. The zero-order valence-corrected chi connectivity index (χ0v) is 16.9. The van der Waals surface area contributed by atoms with Gasteiger partial charge in [0.05, 0.1) is 11.4 Å². The standard InChI is InChI=1S/C23H26N4O2/c1-3-27(4-2)13-14-29-23(28)24-18-11-9-16(10-12-18)21-20-15-17-7-5-6-8-19(17)22(20)26-25-21/h5-12H,3-4,13-15H2,1-2H3,(H,24,28)(H,25,26). The van der Waals surface area contributed by atoms with Crippen LogP contribution in [-0.2, 0) is 11.2 Å². The molecule has 0 bridgehead atoms. The highest BCUT2D eigenvalue weighted by Gasteiger charge is 2.24. The third kappa shape index (κ3) is 4.03. The zero-order chi connectivity index (χ0) is 20.2. The Morgan fingerprint density at radius 2 is 1.90 bits per heavy atom. The SMILES string of the molecule is CCN(CC)CCOC(=O)Nc1ccc(-c2n[nH]c3c2Cc2ccccc2-3)cc1. The third-order valence-electron chi connectivity index (χ3n) is 5.46. The number of ether oxygens (including phenoxy) is 1. The van der Waals surface area contributed by atoms with Gasteiger partial charge in [0.15, 0.2) is 0 Å². The van der Waals surface area contributed by atoms with Crippen LogP contribution in [0.1, 0.15) is 25.0 Å². The van der Waals surface area contributed by atoms with E-state index in [1.54, 1.807) is 0 Å². The number of nitrogens with one attached hydrogen (secondary N) is 2. The zero-order valence-electron chi connectivity index (χ0n) is 16.9. The first kappa shape index (κ1) is 19.2. The number of fused-ring (bicyclic) bond motifs is 3. The summed E-state index contributed by atoms with van der Waals surface area (Å²) < 4.78 is 5.27. The predicted molar refractivity (Wildman–Crippen MR) is 115 cm³/mol. The Kier molecular flexibility index (Phi) is 5.62. The molecule has 6 nitrogen and oxygen atoms in total. The quantitative estimate of drug-likeness (QED) is 0.486. The van der Waals surface area contributed by atoms with Gasteiger partial charge in [0.1, 0.15) is 6.61 Å². The summed E-state index contributed by atoms with van der Waals surface area (Å²) >= 11 is 0. The molecular formula is C23H26N4O2. The van der Waals surface area contributed by atoms with Crippen LogP contribution in [0.2, 0.25) is 0 Å². The van der Waals surface area contributed by atoms with Crippen LogP contribution in [0.25, 0.3) is 22.5 Å². The van der Waals surface area contributed by atoms with Crippen molar-refractivity contribution in [2.75, 3.05) is 31.6 Å².